The Morgan fingerprint density at radius 1 is 1.00 bits per heavy atom. The van der Waals surface area contributed by atoms with E-state index in [0.29, 0.717) is 25.9 Å². The topological polar surface area (TPSA) is 69.7 Å². The lowest BCUT2D eigenvalue weighted by Gasteiger charge is -2.33. The summed E-state index contributed by atoms with van der Waals surface area (Å²) < 4.78 is 27.2. The Morgan fingerprint density at radius 3 is 2.10 bits per heavy atom. The van der Waals surface area contributed by atoms with Gasteiger partial charge in [-0.3, -0.25) is 4.79 Å². The van der Waals surface area contributed by atoms with Crippen LogP contribution in [0.3, 0.4) is 0 Å². The van der Waals surface area contributed by atoms with E-state index in [4.69, 9.17) is 0 Å². The molecule has 3 rings (SSSR count). The van der Waals surface area contributed by atoms with Crippen molar-refractivity contribution in [3.8, 4) is 0 Å². The minimum atomic E-state index is -3.43. The molecule has 0 unspecified atom stereocenters. The van der Waals surface area contributed by atoms with Crippen LogP contribution in [0.5, 0.6) is 0 Å². The molecule has 0 saturated carbocycles. The number of nitrogens with zero attached hydrogens (tertiary/aromatic N) is 2. The normalized spacial score (nSPS) is 17.2. The number of carbonyl (C=O) groups excluding carboxylic acids is 1. The number of hydrogen-bond acceptors (Lipinski definition) is 3. The highest BCUT2D eigenvalue weighted by Gasteiger charge is 2.33. The molecule has 2 aromatic rings. The Morgan fingerprint density at radius 2 is 1.55 bits per heavy atom. The summed E-state index contributed by atoms with van der Waals surface area (Å²) in [4.78, 5) is 13.0. The smallest absolute Gasteiger partial charge is 0.281 e. The van der Waals surface area contributed by atoms with Crippen molar-refractivity contribution < 1.29 is 13.2 Å². The van der Waals surface area contributed by atoms with E-state index in [1.807, 2.05) is 61.5 Å². The molecule has 1 saturated heterocycles. The molecule has 0 spiro atoms. The Kier molecular flexibility index (Phi) is 6.72. The SMILES string of the molecule is Cc1ccc([C@H](NC(=O)C2CCN(S(=O)(=O)N(C)C)CC2)c2ccccc2)cc1. The van der Waals surface area contributed by atoms with Gasteiger partial charge in [-0.25, -0.2) is 0 Å². The van der Waals surface area contributed by atoms with E-state index in [2.05, 4.69) is 5.32 Å². The van der Waals surface area contributed by atoms with Crippen molar-refractivity contribution in [1.82, 2.24) is 13.9 Å². The van der Waals surface area contributed by atoms with Gasteiger partial charge in [0.2, 0.25) is 5.91 Å². The summed E-state index contributed by atoms with van der Waals surface area (Å²) in [5.74, 6) is -0.221. The number of hydrogen-bond donors (Lipinski definition) is 1. The molecule has 156 valence electrons. The Labute approximate surface area is 173 Å². The molecular weight excluding hydrogens is 386 g/mol. The van der Waals surface area contributed by atoms with Crippen LogP contribution in [0, 0.1) is 12.8 Å². The maximum absolute atomic E-state index is 13.0. The molecule has 1 aliphatic heterocycles. The molecule has 7 heteroatoms. The van der Waals surface area contributed by atoms with E-state index in [-0.39, 0.29) is 17.9 Å². The summed E-state index contributed by atoms with van der Waals surface area (Å²) in [6.07, 6.45) is 1.04. The van der Waals surface area contributed by atoms with Crippen LogP contribution in [-0.2, 0) is 15.0 Å². The number of rotatable bonds is 6. The molecule has 0 bridgehead atoms. The number of nitrogens with one attached hydrogen (secondary N) is 1. The molecule has 29 heavy (non-hydrogen) atoms. The molecule has 0 radical (unpaired) electrons. The molecule has 0 aromatic heterocycles. The molecule has 6 nitrogen and oxygen atoms in total. The van der Waals surface area contributed by atoms with E-state index >= 15 is 0 Å². The van der Waals surface area contributed by atoms with Crippen molar-refractivity contribution in [3.05, 3.63) is 71.3 Å². The first-order valence-corrected chi connectivity index (χ1v) is 11.3. The van der Waals surface area contributed by atoms with Crippen molar-refractivity contribution in [2.24, 2.45) is 5.92 Å². The van der Waals surface area contributed by atoms with Crippen LogP contribution in [0.4, 0.5) is 0 Å². The maximum atomic E-state index is 13.0. The standard InChI is InChI=1S/C22H29N3O3S/c1-17-9-11-19(12-10-17)21(18-7-5-4-6-8-18)23-22(26)20-13-15-25(16-14-20)29(27,28)24(2)3/h4-12,20-21H,13-16H2,1-3H3,(H,23,26)/t21-/m1/s1. The number of benzene rings is 2. The van der Waals surface area contributed by atoms with E-state index in [0.717, 1.165) is 11.1 Å². The zero-order chi connectivity index (χ0) is 21.0. The quantitative estimate of drug-likeness (QED) is 0.789. The predicted molar refractivity (Wildman–Crippen MR) is 115 cm³/mol. The van der Waals surface area contributed by atoms with Crippen molar-refractivity contribution >= 4 is 16.1 Å². The van der Waals surface area contributed by atoms with Crippen LogP contribution >= 0.6 is 0 Å². The third-order valence-corrected chi connectivity index (χ3v) is 7.38. The molecule has 1 atom stereocenters. The van der Waals surface area contributed by atoms with Crippen molar-refractivity contribution in [2.45, 2.75) is 25.8 Å². The van der Waals surface area contributed by atoms with Crippen LogP contribution in [0.2, 0.25) is 0 Å². The minimum absolute atomic E-state index is 0.0265. The molecule has 1 heterocycles. The van der Waals surface area contributed by atoms with Crippen molar-refractivity contribution in [3.63, 3.8) is 0 Å². The summed E-state index contributed by atoms with van der Waals surface area (Å²) in [5.41, 5.74) is 3.22. The lowest BCUT2D eigenvalue weighted by molar-refractivity contribution is -0.126. The summed E-state index contributed by atoms with van der Waals surface area (Å²) in [6.45, 7) is 2.76. The van der Waals surface area contributed by atoms with Gasteiger partial charge in [0.05, 0.1) is 6.04 Å². The summed E-state index contributed by atoms with van der Waals surface area (Å²) in [6, 6.07) is 17.9. The van der Waals surface area contributed by atoms with E-state index in [1.165, 1.54) is 28.3 Å². The third-order valence-electron chi connectivity index (χ3n) is 5.44. The molecule has 1 fully saturated rings. The maximum Gasteiger partial charge on any atom is 0.281 e. The van der Waals surface area contributed by atoms with Crippen molar-refractivity contribution in [1.29, 1.82) is 0 Å². The molecule has 2 aromatic carbocycles. The summed E-state index contributed by atoms with van der Waals surface area (Å²) in [7, 11) is -0.371. The van der Waals surface area contributed by atoms with Crippen LogP contribution < -0.4 is 5.32 Å². The van der Waals surface area contributed by atoms with Crippen LogP contribution in [0.25, 0.3) is 0 Å². The lowest BCUT2D eigenvalue weighted by Crippen LogP contribution is -2.47. The van der Waals surface area contributed by atoms with Gasteiger partial charge >= 0.3 is 0 Å². The van der Waals surface area contributed by atoms with Crippen LogP contribution in [0.15, 0.2) is 54.6 Å². The van der Waals surface area contributed by atoms with Gasteiger partial charge in [0.15, 0.2) is 0 Å². The average molecular weight is 416 g/mol. The zero-order valence-corrected chi connectivity index (χ0v) is 18.0. The number of carbonyl (C=O) groups is 1. The second kappa shape index (κ2) is 9.07. The monoisotopic (exact) mass is 415 g/mol. The van der Waals surface area contributed by atoms with Crippen LogP contribution in [0.1, 0.15) is 35.6 Å². The average Bonchev–Trinajstić information content (AvgIpc) is 2.73. The van der Waals surface area contributed by atoms with E-state index in [9.17, 15) is 13.2 Å². The number of piperidine rings is 1. The highest BCUT2D eigenvalue weighted by Crippen LogP contribution is 2.26. The summed E-state index contributed by atoms with van der Waals surface area (Å²) in [5, 5.41) is 3.20. The molecule has 1 aliphatic rings. The summed E-state index contributed by atoms with van der Waals surface area (Å²) >= 11 is 0. The van der Waals surface area contributed by atoms with Gasteiger partial charge in [-0.15, -0.1) is 0 Å². The largest absolute Gasteiger partial charge is 0.345 e. The second-order valence-corrected chi connectivity index (χ2v) is 9.87. The Bertz CT molecular complexity index is 920. The second-order valence-electron chi connectivity index (χ2n) is 7.73. The van der Waals surface area contributed by atoms with Gasteiger partial charge in [0.25, 0.3) is 10.2 Å². The van der Waals surface area contributed by atoms with Gasteiger partial charge < -0.3 is 5.32 Å². The van der Waals surface area contributed by atoms with E-state index < -0.39 is 10.2 Å². The minimum Gasteiger partial charge on any atom is -0.345 e. The fraction of sp³-hybridized carbons (Fsp3) is 0.409. The first-order chi connectivity index (χ1) is 13.8. The van der Waals surface area contributed by atoms with Gasteiger partial charge in [-0.05, 0) is 30.9 Å². The van der Waals surface area contributed by atoms with Gasteiger partial charge in [-0.1, -0.05) is 60.2 Å². The molecular formula is C22H29N3O3S. The van der Waals surface area contributed by atoms with Crippen LogP contribution in [-0.4, -0.2) is 50.1 Å². The predicted octanol–water partition coefficient (Wildman–Crippen LogP) is 2.72. The van der Waals surface area contributed by atoms with Gasteiger partial charge in [-0.2, -0.15) is 17.0 Å². The fourth-order valence-corrected chi connectivity index (χ4v) is 4.74. The first-order valence-electron chi connectivity index (χ1n) is 9.88. The lowest BCUT2D eigenvalue weighted by atomic mass is 9.94. The highest BCUT2D eigenvalue weighted by molar-refractivity contribution is 7.86. The van der Waals surface area contributed by atoms with Gasteiger partial charge in [0.1, 0.15) is 0 Å². The number of aryl methyl sites for hydroxylation is 1. The number of amides is 1. The first kappa shape index (κ1) is 21.5. The highest BCUT2D eigenvalue weighted by atomic mass is 32.2. The fourth-order valence-electron chi connectivity index (χ4n) is 3.60. The Hall–Kier alpha value is -2.22. The van der Waals surface area contributed by atoms with E-state index in [1.54, 1.807) is 0 Å². The van der Waals surface area contributed by atoms with Crippen molar-refractivity contribution in [2.75, 3.05) is 27.2 Å². The zero-order valence-electron chi connectivity index (χ0n) is 17.2. The molecule has 1 amide bonds. The third kappa shape index (κ3) is 5.04. The Balaban J connectivity index is 1.72. The van der Waals surface area contributed by atoms with Gasteiger partial charge in [0, 0.05) is 33.1 Å². The molecule has 0 aliphatic carbocycles. The molecule has 1 N–H and O–H groups in total.